The third kappa shape index (κ3) is 5.34. The molecule has 21 heavy (non-hydrogen) atoms. The second-order valence-corrected chi connectivity index (χ2v) is 6.66. The van der Waals surface area contributed by atoms with Crippen molar-refractivity contribution >= 4 is 23.4 Å². The summed E-state index contributed by atoms with van der Waals surface area (Å²) in [6, 6.07) is 13.2. The lowest BCUT2D eigenvalue weighted by molar-refractivity contribution is 0.576. The van der Waals surface area contributed by atoms with Gasteiger partial charge in [0.15, 0.2) is 0 Å². The number of hydrogen-bond donors (Lipinski definition) is 1. The molecule has 1 N–H and O–H groups in total. The molecule has 1 nitrogen and oxygen atoms in total. The topological polar surface area (TPSA) is 12.0 Å². The lowest BCUT2D eigenvalue weighted by atomic mass is 10.2. The molecule has 0 atom stereocenters. The first-order valence-electron chi connectivity index (χ1n) is 6.93. The summed E-state index contributed by atoms with van der Waals surface area (Å²) in [7, 11) is 0. The Balaban J connectivity index is 2.06. The molecule has 0 bridgehead atoms. The fraction of sp³-hybridized carbons (Fsp3) is 0.294. The monoisotopic (exact) mass is 323 g/mol. The van der Waals surface area contributed by atoms with Gasteiger partial charge in [-0.05, 0) is 41.5 Å². The maximum atomic E-state index is 13.4. The molecule has 2 aromatic rings. The van der Waals surface area contributed by atoms with Crippen molar-refractivity contribution in [2.75, 3.05) is 0 Å². The lowest BCUT2D eigenvalue weighted by Gasteiger charge is -2.12. The molecule has 0 unspecified atom stereocenters. The molecule has 0 fully saturated rings. The minimum atomic E-state index is -0.189. The van der Waals surface area contributed by atoms with E-state index in [0.717, 1.165) is 21.2 Å². The van der Waals surface area contributed by atoms with Crippen molar-refractivity contribution in [3.63, 3.8) is 0 Å². The number of rotatable bonds is 6. The van der Waals surface area contributed by atoms with Crippen LogP contribution in [0, 0.1) is 5.82 Å². The molecule has 0 aliphatic rings. The van der Waals surface area contributed by atoms with Crippen LogP contribution in [0.25, 0.3) is 0 Å². The summed E-state index contributed by atoms with van der Waals surface area (Å²) in [6.07, 6.45) is 0. The Morgan fingerprint density at radius 2 is 1.86 bits per heavy atom. The number of nitrogens with one attached hydrogen (secondary N) is 1. The van der Waals surface area contributed by atoms with Gasteiger partial charge in [-0.1, -0.05) is 37.6 Å². The van der Waals surface area contributed by atoms with Crippen LogP contribution in [0.15, 0.2) is 47.4 Å². The van der Waals surface area contributed by atoms with E-state index in [1.807, 2.05) is 30.3 Å². The Morgan fingerprint density at radius 3 is 2.52 bits per heavy atom. The fourth-order valence-corrected chi connectivity index (χ4v) is 3.00. The molecule has 0 spiro atoms. The van der Waals surface area contributed by atoms with Gasteiger partial charge in [-0.2, -0.15) is 0 Å². The zero-order valence-electron chi connectivity index (χ0n) is 12.2. The highest BCUT2D eigenvalue weighted by Gasteiger charge is 2.06. The van der Waals surface area contributed by atoms with E-state index in [9.17, 15) is 4.39 Å². The van der Waals surface area contributed by atoms with Crippen LogP contribution in [0.5, 0.6) is 0 Å². The molecule has 2 aromatic carbocycles. The summed E-state index contributed by atoms with van der Waals surface area (Å²) in [5.74, 6) is 0.656. The summed E-state index contributed by atoms with van der Waals surface area (Å²) in [5.41, 5.74) is 2.21. The Labute approximate surface area is 134 Å². The maximum absolute atomic E-state index is 13.4. The standard InChI is InChI=1S/C17H19ClFNS/c1-12(2)20-10-14-9-16(19)7-8-17(14)21-11-13-3-5-15(18)6-4-13/h3-9,12,20H,10-11H2,1-2H3. The summed E-state index contributed by atoms with van der Waals surface area (Å²) < 4.78 is 13.4. The summed E-state index contributed by atoms with van der Waals surface area (Å²) in [6.45, 7) is 4.85. The van der Waals surface area contributed by atoms with Gasteiger partial charge in [-0.15, -0.1) is 11.8 Å². The van der Waals surface area contributed by atoms with E-state index in [-0.39, 0.29) is 5.82 Å². The molecular weight excluding hydrogens is 305 g/mol. The largest absolute Gasteiger partial charge is 0.310 e. The molecular formula is C17H19ClFNS. The minimum absolute atomic E-state index is 0.189. The van der Waals surface area contributed by atoms with Crippen LogP contribution in [0.1, 0.15) is 25.0 Å². The van der Waals surface area contributed by atoms with Crippen LogP contribution >= 0.6 is 23.4 Å². The van der Waals surface area contributed by atoms with Gasteiger partial charge in [0, 0.05) is 28.3 Å². The number of halogens is 2. The van der Waals surface area contributed by atoms with E-state index in [2.05, 4.69) is 19.2 Å². The predicted octanol–water partition coefficient (Wildman–Crippen LogP) is 5.27. The fourth-order valence-electron chi connectivity index (χ4n) is 1.88. The molecule has 0 aliphatic carbocycles. The third-order valence-electron chi connectivity index (χ3n) is 3.03. The van der Waals surface area contributed by atoms with E-state index in [1.165, 1.54) is 11.6 Å². The van der Waals surface area contributed by atoms with Gasteiger partial charge in [-0.3, -0.25) is 0 Å². The van der Waals surface area contributed by atoms with E-state index >= 15 is 0 Å². The second-order valence-electron chi connectivity index (χ2n) is 5.20. The highest BCUT2D eigenvalue weighted by molar-refractivity contribution is 7.98. The van der Waals surface area contributed by atoms with Crippen molar-refractivity contribution in [3.8, 4) is 0 Å². The van der Waals surface area contributed by atoms with Crippen molar-refractivity contribution in [2.24, 2.45) is 0 Å². The molecule has 0 aromatic heterocycles. The van der Waals surface area contributed by atoms with E-state index in [0.29, 0.717) is 12.6 Å². The highest BCUT2D eigenvalue weighted by Crippen LogP contribution is 2.27. The average Bonchev–Trinajstić information content (AvgIpc) is 2.45. The van der Waals surface area contributed by atoms with Crippen molar-refractivity contribution in [1.82, 2.24) is 5.32 Å². The van der Waals surface area contributed by atoms with Crippen LogP contribution in [0.4, 0.5) is 4.39 Å². The van der Waals surface area contributed by atoms with Crippen LogP contribution in [-0.2, 0) is 12.3 Å². The Bertz CT molecular complexity index is 584. The third-order valence-corrected chi connectivity index (χ3v) is 4.47. The zero-order chi connectivity index (χ0) is 15.2. The van der Waals surface area contributed by atoms with Gasteiger partial charge in [0.25, 0.3) is 0 Å². The maximum Gasteiger partial charge on any atom is 0.123 e. The smallest absolute Gasteiger partial charge is 0.123 e. The van der Waals surface area contributed by atoms with Gasteiger partial charge in [0.1, 0.15) is 5.82 Å². The average molecular weight is 324 g/mol. The van der Waals surface area contributed by atoms with E-state index in [1.54, 1.807) is 17.8 Å². The molecule has 0 saturated carbocycles. The zero-order valence-corrected chi connectivity index (χ0v) is 13.8. The molecule has 112 valence electrons. The van der Waals surface area contributed by atoms with Crippen molar-refractivity contribution < 1.29 is 4.39 Å². The number of thioether (sulfide) groups is 1. The Kier molecular flexibility index (Phi) is 6.09. The molecule has 0 saturated heterocycles. The summed E-state index contributed by atoms with van der Waals surface area (Å²) in [5, 5.41) is 4.08. The minimum Gasteiger partial charge on any atom is -0.310 e. The first-order chi connectivity index (χ1) is 10.0. The van der Waals surface area contributed by atoms with Gasteiger partial charge in [0.2, 0.25) is 0 Å². The molecule has 2 rings (SSSR count). The van der Waals surface area contributed by atoms with Gasteiger partial charge >= 0.3 is 0 Å². The van der Waals surface area contributed by atoms with Gasteiger partial charge in [0.05, 0.1) is 0 Å². The molecule has 0 heterocycles. The van der Waals surface area contributed by atoms with Crippen LogP contribution < -0.4 is 5.32 Å². The Morgan fingerprint density at radius 1 is 1.14 bits per heavy atom. The normalized spacial score (nSPS) is 11.1. The highest BCUT2D eigenvalue weighted by atomic mass is 35.5. The lowest BCUT2D eigenvalue weighted by Crippen LogP contribution is -2.22. The van der Waals surface area contributed by atoms with E-state index < -0.39 is 0 Å². The van der Waals surface area contributed by atoms with Crippen LogP contribution in [-0.4, -0.2) is 6.04 Å². The number of benzene rings is 2. The Hall–Kier alpha value is -1.03. The van der Waals surface area contributed by atoms with Gasteiger partial charge < -0.3 is 5.32 Å². The predicted molar refractivity (Wildman–Crippen MR) is 89.4 cm³/mol. The van der Waals surface area contributed by atoms with Crippen molar-refractivity contribution in [3.05, 3.63) is 64.4 Å². The van der Waals surface area contributed by atoms with Gasteiger partial charge in [-0.25, -0.2) is 4.39 Å². The van der Waals surface area contributed by atoms with Crippen LogP contribution in [0.3, 0.4) is 0 Å². The molecule has 0 aliphatic heterocycles. The molecule has 0 radical (unpaired) electrons. The quantitative estimate of drug-likeness (QED) is 0.727. The summed E-state index contributed by atoms with van der Waals surface area (Å²) in [4.78, 5) is 1.11. The molecule has 4 heteroatoms. The second kappa shape index (κ2) is 7.83. The van der Waals surface area contributed by atoms with E-state index in [4.69, 9.17) is 11.6 Å². The first kappa shape index (κ1) is 16.3. The molecule has 0 amide bonds. The van der Waals surface area contributed by atoms with Crippen molar-refractivity contribution in [1.29, 1.82) is 0 Å². The van der Waals surface area contributed by atoms with Crippen molar-refractivity contribution in [2.45, 2.75) is 37.1 Å². The first-order valence-corrected chi connectivity index (χ1v) is 8.30. The van der Waals surface area contributed by atoms with Crippen LogP contribution in [0.2, 0.25) is 5.02 Å². The SMILES string of the molecule is CC(C)NCc1cc(F)ccc1SCc1ccc(Cl)cc1. The summed E-state index contributed by atoms with van der Waals surface area (Å²) >= 11 is 7.60. The number of hydrogen-bond acceptors (Lipinski definition) is 2.